The first-order chi connectivity index (χ1) is 25.4. The lowest BCUT2D eigenvalue weighted by molar-refractivity contribution is 0.000937. The number of hydrogen-bond donors (Lipinski definition) is 0. The van der Waals surface area contributed by atoms with Crippen molar-refractivity contribution in [3.8, 4) is 35.5 Å². The lowest BCUT2D eigenvalue weighted by atomic mass is 9.93. The Hall–Kier alpha value is -4.76. The lowest BCUT2D eigenvalue weighted by Gasteiger charge is -2.48. The number of carbonyl (C=O) groups excluding carboxylic acids is 1. The summed E-state index contributed by atoms with van der Waals surface area (Å²) in [6.45, 7) is 9.46. The number of anilines is 1. The van der Waals surface area contributed by atoms with Gasteiger partial charge in [0.2, 0.25) is 5.88 Å². The van der Waals surface area contributed by atoms with Crippen LogP contribution in [0.15, 0.2) is 30.3 Å². The van der Waals surface area contributed by atoms with Crippen molar-refractivity contribution < 1.29 is 27.8 Å². The predicted octanol–water partition coefficient (Wildman–Crippen LogP) is 6.85. The molecule has 1 aliphatic carbocycles. The highest BCUT2D eigenvalue weighted by molar-refractivity contribution is 6.03. The average molecular weight is 721 g/mol. The molecule has 7 atom stereocenters. The maximum absolute atomic E-state index is 17.4. The molecular formula is C41H42F2N6O4. The Morgan fingerprint density at radius 3 is 2.77 bits per heavy atom. The van der Waals surface area contributed by atoms with E-state index in [2.05, 4.69) is 15.7 Å². The second-order valence-electron chi connectivity index (χ2n) is 16.8. The molecule has 274 valence electrons. The van der Waals surface area contributed by atoms with Crippen LogP contribution in [0.1, 0.15) is 71.8 Å². The summed E-state index contributed by atoms with van der Waals surface area (Å²) in [5.41, 5.74) is -0.424. The molecule has 10 rings (SSSR count). The fraction of sp³-hybridized carbons (Fsp3) is 0.512. The molecule has 0 spiro atoms. The van der Waals surface area contributed by atoms with E-state index in [0.29, 0.717) is 52.7 Å². The van der Waals surface area contributed by atoms with Crippen molar-refractivity contribution >= 4 is 33.6 Å². The zero-order valence-electron chi connectivity index (χ0n) is 30.4. The van der Waals surface area contributed by atoms with Crippen molar-refractivity contribution in [1.29, 1.82) is 0 Å². The molecule has 6 aliphatic rings. The Kier molecular flexibility index (Phi) is 7.05. The number of rotatable bonds is 4. The second-order valence-corrected chi connectivity index (χ2v) is 16.8. The van der Waals surface area contributed by atoms with E-state index in [4.69, 9.17) is 35.6 Å². The molecule has 2 bridgehead atoms. The number of piperidine rings is 1. The minimum absolute atomic E-state index is 0.00507. The van der Waals surface area contributed by atoms with Crippen molar-refractivity contribution in [3.63, 3.8) is 0 Å². The molecule has 0 radical (unpaired) electrons. The molecule has 4 saturated heterocycles. The molecule has 0 N–H and O–H groups in total. The summed E-state index contributed by atoms with van der Waals surface area (Å²) < 4.78 is 51.6. The van der Waals surface area contributed by atoms with E-state index in [0.717, 1.165) is 38.6 Å². The van der Waals surface area contributed by atoms with Crippen LogP contribution in [0.2, 0.25) is 0 Å². The zero-order chi connectivity index (χ0) is 36.6. The SMILES string of the molecule is C#Cc1c(F)ccc2cccc(-c3nc4c5c(nc(OCC67CCCN6[C@H]6C[C@H]6C7)nc5c3F)N3C[C@H]5CC[C@@H]([C@H]3[C@H](C)O4)N5C(=O)OC(C)(C)C)c12. The smallest absolute Gasteiger partial charge is 0.410 e. The minimum Gasteiger partial charge on any atom is -0.472 e. The molecule has 1 unspecified atom stereocenters. The molecular weight excluding hydrogens is 678 g/mol. The average Bonchev–Trinajstić information content (AvgIpc) is 3.49. The molecule has 53 heavy (non-hydrogen) atoms. The molecule has 1 saturated carbocycles. The van der Waals surface area contributed by atoms with E-state index in [1.54, 1.807) is 24.3 Å². The molecule has 2 aromatic carbocycles. The first-order valence-corrected chi connectivity index (χ1v) is 18.9. The lowest BCUT2D eigenvalue weighted by Crippen LogP contribution is -2.65. The number of piperazine rings is 1. The fourth-order valence-corrected chi connectivity index (χ4v) is 10.4. The number of terminal acetylenes is 1. The van der Waals surface area contributed by atoms with E-state index >= 15 is 8.78 Å². The maximum atomic E-state index is 17.4. The van der Waals surface area contributed by atoms with Gasteiger partial charge >= 0.3 is 12.1 Å². The molecule has 5 aliphatic heterocycles. The van der Waals surface area contributed by atoms with Crippen molar-refractivity contribution in [2.45, 2.75) is 108 Å². The highest BCUT2D eigenvalue weighted by Gasteiger charge is 2.61. The molecule has 10 nitrogen and oxygen atoms in total. The van der Waals surface area contributed by atoms with Gasteiger partial charge in [-0.15, -0.1) is 6.42 Å². The van der Waals surface area contributed by atoms with Crippen LogP contribution in [0.25, 0.3) is 32.9 Å². The molecule has 1 amide bonds. The van der Waals surface area contributed by atoms with Gasteiger partial charge in [-0.1, -0.05) is 30.2 Å². The van der Waals surface area contributed by atoms with Crippen LogP contribution in [0.5, 0.6) is 11.9 Å². The fourth-order valence-electron chi connectivity index (χ4n) is 10.4. The number of ether oxygens (including phenoxy) is 3. The van der Waals surface area contributed by atoms with Crippen LogP contribution in [0.3, 0.4) is 0 Å². The largest absolute Gasteiger partial charge is 0.472 e. The summed E-state index contributed by atoms with van der Waals surface area (Å²) in [6, 6.07) is 8.17. The summed E-state index contributed by atoms with van der Waals surface area (Å²) in [4.78, 5) is 34.9. The molecule has 7 heterocycles. The number of hydrogen-bond acceptors (Lipinski definition) is 9. The van der Waals surface area contributed by atoms with Crippen LogP contribution in [0.4, 0.5) is 19.4 Å². The van der Waals surface area contributed by atoms with Gasteiger partial charge in [0, 0.05) is 23.5 Å². The molecule has 12 heteroatoms. The first kappa shape index (κ1) is 32.9. The van der Waals surface area contributed by atoms with Crippen molar-refractivity contribution in [2.75, 3.05) is 24.6 Å². The van der Waals surface area contributed by atoms with Gasteiger partial charge in [-0.3, -0.25) is 9.80 Å². The van der Waals surface area contributed by atoms with E-state index in [1.165, 1.54) is 12.5 Å². The van der Waals surface area contributed by atoms with Gasteiger partial charge in [0.25, 0.3) is 0 Å². The van der Waals surface area contributed by atoms with E-state index in [1.807, 2.05) is 32.6 Å². The minimum atomic E-state index is -0.704. The van der Waals surface area contributed by atoms with E-state index in [9.17, 15) is 4.79 Å². The van der Waals surface area contributed by atoms with Gasteiger partial charge in [-0.2, -0.15) is 9.97 Å². The van der Waals surface area contributed by atoms with Crippen LogP contribution < -0.4 is 14.4 Å². The number of nitrogens with zero attached hydrogens (tertiary/aromatic N) is 6. The molecule has 4 aromatic rings. The van der Waals surface area contributed by atoms with E-state index < -0.39 is 23.3 Å². The summed E-state index contributed by atoms with van der Waals surface area (Å²) in [5, 5.41) is 1.36. The quantitative estimate of drug-likeness (QED) is 0.210. The van der Waals surface area contributed by atoms with Crippen LogP contribution >= 0.6 is 0 Å². The third-order valence-corrected chi connectivity index (χ3v) is 12.5. The molecule has 2 aromatic heterocycles. The second kappa shape index (κ2) is 11.4. The predicted molar refractivity (Wildman–Crippen MR) is 195 cm³/mol. The van der Waals surface area contributed by atoms with Crippen molar-refractivity contribution in [1.82, 2.24) is 24.8 Å². The summed E-state index contributed by atoms with van der Waals surface area (Å²) in [7, 11) is 0. The van der Waals surface area contributed by atoms with E-state index in [-0.39, 0.29) is 58.4 Å². The summed E-state index contributed by atoms with van der Waals surface area (Å²) in [5.74, 6) is 2.52. The van der Waals surface area contributed by atoms with Gasteiger partial charge in [-0.05, 0) is 90.1 Å². The standard InChI is InChI=1S/C41H42F2N6O4/c1-6-25-27(42)13-11-22-9-7-10-26(30(22)25)33-32(43)34-31-36(46-38(45-34)51-20-41-15-8-16-48(41)29-17-23(29)18-41)47-19-24-12-14-28(35(47)21(2)52-37(31)44-33)49(24)39(50)53-40(3,4)5/h1,7,9-11,13,21,23-24,28-29,35H,8,12,14-20H2,2-5H3/t21-,23-,24+,28-,29-,35+,41?/m0/s1. The van der Waals surface area contributed by atoms with Crippen LogP contribution in [-0.4, -0.2) is 92.0 Å². The number of carbonyl (C=O) groups is 1. The number of halogens is 2. The van der Waals surface area contributed by atoms with Gasteiger partial charge in [0.15, 0.2) is 5.82 Å². The third-order valence-electron chi connectivity index (χ3n) is 12.5. The normalized spacial score (nSPS) is 29.7. The van der Waals surface area contributed by atoms with Crippen molar-refractivity contribution in [3.05, 3.63) is 47.5 Å². The van der Waals surface area contributed by atoms with Gasteiger partial charge < -0.3 is 19.1 Å². The zero-order valence-corrected chi connectivity index (χ0v) is 30.4. The van der Waals surface area contributed by atoms with Gasteiger partial charge in [0.05, 0.1) is 29.2 Å². The number of aromatic nitrogens is 3. The number of pyridine rings is 1. The van der Waals surface area contributed by atoms with Gasteiger partial charge in [0.1, 0.15) is 46.5 Å². The Morgan fingerprint density at radius 2 is 1.96 bits per heavy atom. The Bertz CT molecular complexity index is 2270. The number of amides is 1. The molecule has 5 fully saturated rings. The van der Waals surface area contributed by atoms with Gasteiger partial charge in [-0.25, -0.2) is 18.6 Å². The van der Waals surface area contributed by atoms with Crippen LogP contribution in [0, 0.1) is 29.9 Å². The number of fused-ring (bicyclic) bond motifs is 9. The third kappa shape index (κ3) is 4.92. The topological polar surface area (TPSA) is 93.2 Å². The van der Waals surface area contributed by atoms with Crippen molar-refractivity contribution in [2.24, 2.45) is 5.92 Å². The monoisotopic (exact) mass is 720 g/mol. The summed E-state index contributed by atoms with van der Waals surface area (Å²) in [6.07, 6.45) is 11.0. The Balaban J connectivity index is 1.14. The summed E-state index contributed by atoms with van der Waals surface area (Å²) >= 11 is 0. The Labute approximate surface area is 306 Å². The maximum Gasteiger partial charge on any atom is 0.410 e. The Morgan fingerprint density at radius 1 is 1.11 bits per heavy atom. The first-order valence-electron chi connectivity index (χ1n) is 18.9. The highest BCUT2D eigenvalue weighted by atomic mass is 19.1. The van der Waals surface area contributed by atoms with Crippen LogP contribution in [-0.2, 0) is 4.74 Å². The number of benzene rings is 2. The highest BCUT2D eigenvalue weighted by Crippen LogP contribution is 2.57.